The lowest BCUT2D eigenvalue weighted by Gasteiger charge is -2.50. The monoisotopic (exact) mass is 436 g/mol. The standard InChI is InChI=1S/C20H21ClN2O3S2/c1-11(24)25-16-8-15-12(7-14(16)21)13(17-5-4-6-28-17)9-20(26-15)10-19(2,3)22-18(27)23-20/h4-8,13H,9-10H2,1-3H3,(H2,22,23,27). The molecule has 2 N–H and O–H groups in total. The summed E-state index contributed by atoms with van der Waals surface area (Å²) in [6.45, 7) is 5.56. The molecule has 1 saturated heterocycles. The summed E-state index contributed by atoms with van der Waals surface area (Å²) in [5.41, 5.74) is 0.109. The van der Waals surface area contributed by atoms with Crippen molar-refractivity contribution >= 4 is 46.2 Å². The number of nitrogens with one attached hydrogen (secondary N) is 2. The van der Waals surface area contributed by atoms with Crippen molar-refractivity contribution in [3.8, 4) is 11.5 Å². The van der Waals surface area contributed by atoms with Gasteiger partial charge in [0, 0.05) is 47.7 Å². The number of benzene rings is 1. The number of halogens is 1. The first-order valence-corrected chi connectivity index (χ1v) is 10.7. The zero-order valence-corrected chi connectivity index (χ0v) is 18.2. The average Bonchev–Trinajstić information content (AvgIpc) is 3.07. The van der Waals surface area contributed by atoms with Gasteiger partial charge in [-0.25, -0.2) is 0 Å². The van der Waals surface area contributed by atoms with E-state index in [2.05, 4.69) is 35.9 Å². The minimum absolute atomic E-state index is 0.0943. The molecular weight excluding hydrogens is 416 g/mol. The van der Waals surface area contributed by atoms with Crippen molar-refractivity contribution < 1.29 is 14.3 Å². The zero-order chi connectivity index (χ0) is 20.1. The third-order valence-electron chi connectivity index (χ3n) is 4.94. The number of thiophene rings is 1. The molecule has 28 heavy (non-hydrogen) atoms. The van der Waals surface area contributed by atoms with Crippen LogP contribution in [0.4, 0.5) is 0 Å². The van der Waals surface area contributed by atoms with Crippen LogP contribution in [0.25, 0.3) is 0 Å². The van der Waals surface area contributed by atoms with E-state index in [4.69, 9.17) is 33.3 Å². The Balaban J connectivity index is 1.82. The van der Waals surface area contributed by atoms with E-state index in [1.165, 1.54) is 11.8 Å². The number of carbonyl (C=O) groups excluding carboxylic acids is 1. The van der Waals surface area contributed by atoms with E-state index in [-0.39, 0.29) is 11.5 Å². The number of esters is 1. The molecule has 148 valence electrons. The van der Waals surface area contributed by atoms with E-state index in [0.717, 1.165) is 12.0 Å². The van der Waals surface area contributed by atoms with Crippen LogP contribution in [0.15, 0.2) is 29.6 Å². The summed E-state index contributed by atoms with van der Waals surface area (Å²) in [7, 11) is 0. The maximum absolute atomic E-state index is 11.5. The van der Waals surface area contributed by atoms with Crippen LogP contribution in [0, 0.1) is 0 Å². The van der Waals surface area contributed by atoms with Crippen LogP contribution in [0.3, 0.4) is 0 Å². The van der Waals surface area contributed by atoms with Crippen molar-refractivity contribution in [3.05, 3.63) is 45.1 Å². The molecular formula is C20H21ClN2O3S2. The molecule has 2 atom stereocenters. The van der Waals surface area contributed by atoms with Crippen molar-refractivity contribution in [1.82, 2.24) is 10.6 Å². The van der Waals surface area contributed by atoms with E-state index in [1.807, 2.05) is 12.1 Å². The molecule has 0 bridgehead atoms. The summed E-state index contributed by atoms with van der Waals surface area (Å²) >= 11 is 13.6. The SMILES string of the molecule is CC(=O)Oc1cc2c(cc1Cl)C(c1cccs1)CC1(CC(C)(C)NC(=S)N1)O2. The first-order chi connectivity index (χ1) is 13.2. The summed E-state index contributed by atoms with van der Waals surface area (Å²) in [5.74, 6) is 0.616. The van der Waals surface area contributed by atoms with Gasteiger partial charge in [-0.1, -0.05) is 17.7 Å². The molecule has 1 spiro atoms. The molecule has 1 aromatic heterocycles. The van der Waals surface area contributed by atoms with Gasteiger partial charge in [0.05, 0.1) is 5.02 Å². The molecule has 2 aliphatic heterocycles. The van der Waals surface area contributed by atoms with Gasteiger partial charge in [-0.15, -0.1) is 11.3 Å². The minimum Gasteiger partial charge on any atom is -0.468 e. The van der Waals surface area contributed by atoms with Crippen LogP contribution in [0.1, 0.15) is 50.0 Å². The van der Waals surface area contributed by atoms with E-state index < -0.39 is 11.7 Å². The molecule has 2 aromatic rings. The lowest BCUT2D eigenvalue weighted by Crippen LogP contribution is -2.69. The van der Waals surface area contributed by atoms with Crippen LogP contribution in [0.2, 0.25) is 5.02 Å². The number of rotatable bonds is 2. The maximum atomic E-state index is 11.5. The number of hydrogen-bond acceptors (Lipinski definition) is 5. The molecule has 5 nitrogen and oxygen atoms in total. The molecule has 8 heteroatoms. The van der Waals surface area contributed by atoms with Crippen molar-refractivity contribution in [2.45, 2.75) is 50.8 Å². The first-order valence-electron chi connectivity index (χ1n) is 9.01. The summed E-state index contributed by atoms with van der Waals surface area (Å²) in [4.78, 5) is 12.7. The van der Waals surface area contributed by atoms with Crippen molar-refractivity contribution in [2.24, 2.45) is 0 Å². The third-order valence-corrected chi connectivity index (χ3v) is 6.43. The first kappa shape index (κ1) is 19.5. The Morgan fingerprint density at radius 2 is 2.18 bits per heavy atom. The number of thiocarbonyl (C=S) groups is 1. The Morgan fingerprint density at radius 3 is 2.82 bits per heavy atom. The predicted octanol–water partition coefficient (Wildman–Crippen LogP) is 4.58. The lowest BCUT2D eigenvalue weighted by molar-refractivity contribution is -0.131. The van der Waals surface area contributed by atoms with E-state index in [0.29, 0.717) is 28.1 Å². The highest BCUT2D eigenvalue weighted by atomic mass is 35.5. The molecule has 2 unspecified atom stereocenters. The number of hydrogen-bond donors (Lipinski definition) is 2. The fourth-order valence-electron chi connectivity index (χ4n) is 4.11. The molecule has 3 heterocycles. The molecule has 4 rings (SSSR count). The maximum Gasteiger partial charge on any atom is 0.308 e. The molecule has 1 aromatic carbocycles. The highest BCUT2D eigenvalue weighted by Gasteiger charge is 2.49. The fourth-order valence-corrected chi connectivity index (χ4v) is 5.63. The van der Waals surface area contributed by atoms with Crippen molar-refractivity contribution in [3.63, 3.8) is 0 Å². The van der Waals surface area contributed by atoms with Gasteiger partial charge >= 0.3 is 5.97 Å². The number of fused-ring (bicyclic) bond motifs is 1. The summed E-state index contributed by atoms with van der Waals surface area (Å²) in [5, 5.41) is 9.68. The summed E-state index contributed by atoms with van der Waals surface area (Å²) in [6, 6.07) is 7.72. The van der Waals surface area contributed by atoms with Gasteiger partial charge in [-0.3, -0.25) is 4.79 Å². The second-order valence-corrected chi connectivity index (χ2v) is 9.72. The van der Waals surface area contributed by atoms with Crippen LogP contribution in [0.5, 0.6) is 11.5 Å². The Hall–Kier alpha value is -1.83. The highest BCUT2D eigenvalue weighted by molar-refractivity contribution is 7.80. The highest BCUT2D eigenvalue weighted by Crippen LogP contribution is 2.50. The second kappa shape index (κ2) is 6.90. The third kappa shape index (κ3) is 3.71. The fraction of sp³-hybridized carbons (Fsp3) is 0.400. The molecule has 0 aliphatic carbocycles. The molecule has 0 saturated carbocycles. The van der Waals surface area contributed by atoms with Crippen LogP contribution >= 0.6 is 35.2 Å². The Kier molecular flexibility index (Phi) is 4.80. The van der Waals surface area contributed by atoms with Gasteiger partial charge in [0.2, 0.25) is 0 Å². The number of ether oxygens (including phenoxy) is 2. The largest absolute Gasteiger partial charge is 0.468 e. The topological polar surface area (TPSA) is 59.6 Å². The smallest absolute Gasteiger partial charge is 0.308 e. The predicted molar refractivity (Wildman–Crippen MR) is 114 cm³/mol. The average molecular weight is 437 g/mol. The lowest BCUT2D eigenvalue weighted by atomic mass is 9.79. The Morgan fingerprint density at radius 1 is 1.39 bits per heavy atom. The van der Waals surface area contributed by atoms with Crippen LogP contribution < -0.4 is 20.1 Å². The van der Waals surface area contributed by atoms with Crippen molar-refractivity contribution in [1.29, 1.82) is 0 Å². The summed E-state index contributed by atoms with van der Waals surface area (Å²) in [6.07, 6.45) is 1.43. The van der Waals surface area contributed by atoms with E-state index in [1.54, 1.807) is 17.4 Å². The van der Waals surface area contributed by atoms with Gasteiger partial charge in [0.1, 0.15) is 5.75 Å². The minimum atomic E-state index is -0.658. The summed E-state index contributed by atoms with van der Waals surface area (Å²) < 4.78 is 11.8. The van der Waals surface area contributed by atoms with Gasteiger partial charge in [0.15, 0.2) is 16.6 Å². The van der Waals surface area contributed by atoms with Gasteiger partial charge < -0.3 is 20.1 Å². The van der Waals surface area contributed by atoms with Gasteiger partial charge in [-0.2, -0.15) is 0 Å². The zero-order valence-electron chi connectivity index (χ0n) is 15.8. The molecule has 0 amide bonds. The van der Waals surface area contributed by atoms with Gasteiger partial charge in [0.25, 0.3) is 0 Å². The second-order valence-electron chi connectivity index (χ2n) is 7.92. The molecule has 1 fully saturated rings. The normalized spacial score (nSPS) is 25.3. The Bertz CT molecular complexity index is 945. The van der Waals surface area contributed by atoms with E-state index >= 15 is 0 Å². The number of carbonyl (C=O) groups is 1. The van der Waals surface area contributed by atoms with E-state index in [9.17, 15) is 4.79 Å². The quantitative estimate of drug-likeness (QED) is 0.408. The Labute approximate surface area is 178 Å². The van der Waals surface area contributed by atoms with Crippen molar-refractivity contribution in [2.75, 3.05) is 0 Å². The molecule has 0 radical (unpaired) electrons. The molecule has 2 aliphatic rings. The van der Waals surface area contributed by atoms with Gasteiger partial charge in [-0.05, 0) is 43.6 Å². The van der Waals surface area contributed by atoms with Crippen LogP contribution in [-0.2, 0) is 4.79 Å². The van der Waals surface area contributed by atoms with Crippen LogP contribution in [-0.4, -0.2) is 22.3 Å².